The van der Waals surface area contributed by atoms with Crippen molar-refractivity contribution in [3.63, 3.8) is 0 Å². The van der Waals surface area contributed by atoms with Crippen molar-refractivity contribution in [3.05, 3.63) is 59.7 Å². The van der Waals surface area contributed by atoms with E-state index in [2.05, 4.69) is 81.3 Å². The number of nitrogens with zero attached hydrogens (tertiary/aromatic N) is 1. The van der Waals surface area contributed by atoms with Crippen LogP contribution >= 0.6 is 0 Å². The zero-order valence-electron chi connectivity index (χ0n) is 20.6. The van der Waals surface area contributed by atoms with Gasteiger partial charge in [-0.2, -0.15) is 5.06 Å². The van der Waals surface area contributed by atoms with E-state index in [4.69, 9.17) is 14.3 Å². The SMILES string of the molecule is COC1CCC(c2ccc(-c3ccc(C4CC(C)(C)N(OC)C(C)(C)C4)cc3)cc2)OC1. The number of benzene rings is 2. The predicted octanol–water partition coefficient (Wildman–Crippen LogP) is 6.52. The highest BCUT2D eigenvalue weighted by molar-refractivity contribution is 5.64. The molecule has 2 heterocycles. The maximum Gasteiger partial charge on any atom is 0.0827 e. The van der Waals surface area contributed by atoms with E-state index in [0.29, 0.717) is 12.5 Å². The second kappa shape index (κ2) is 9.26. The maximum atomic E-state index is 6.01. The lowest BCUT2D eigenvalue weighted by molar-refractivity contribution is -0.266. The molecule has 2 aromatic rings. The van der Waals surface area contributed by atoms with Crippen molar-refractivity contribution in [1.82, 2.24) is 5.06 Å². The molecule has 0 saturated carbocycles. The molecular formula is C28H39NO3. The second-order valence-corrected chi connectivity index (χ2v) is 10.7. The zero-order chi connectivity index (χ0) is 22.9. The molecule has 0 N–H and O–H groups in total. The summed E-state index contributed by atoms with van der Waals surface area (Å²) in [4.78, 5) is 5.77. The van der Waals surface area contributed by atoms with E-state index in [-0.39, 0.29) is 23.3 Å². The molecule has 4 heteroatoms. The summed E-state index contributed by atoms with van der Waals surface area (Å²) in [6.45, 7) is 9.82. The van der Waals surface area contributed by atoms with E-state index in [1.807, 2.05) is 0 Å². The summed E-state index contributed by atoms with van der Waals surface area (Å²) in [5.41, 5.74) is 5.19. The third-order valence-corrected chi connectivity index (χ3v) is 7.34. The molecule has 0 spiro atoms. The third kappa shape index (κ3) is 4.79. The van der Waals surface area contributed by atoms with Crippen LogP contribution in [0.15, 0.2) is 48.5 Å². The van der Waals surface area contributed by atoms with E-state index in [1.165, 1.54) is 22.3 Å². The molecule has 2 aliphatic rings. The van der Waals surface area contributed by atoms with Gasteiger partial charge in [-0.15, -0.1) is 0 Å². The van der Waals surface area contributed by atoms with Crippen molar-refractivity contribution < 1.29 is 14.3 Å². The monoisotopic (exact) mass is 437 g/mol. The first-order valence-electron chi connectivity index (χ1n) is 11.9. The standard InChI is InChI=1S/C28H39NO3/c1-27(2)17-24(18-28(3,4)29(27)31-6)22-9-7-20(8-10-22)21-11-13-23(14-12-21)26-16-15-25(30-5)19-32-26/h7-14,24-26H,15-19H2,1-6H3. The van der Waals surface area contributed by atoms with Crippen molar-refractivity contribution in [2.75, 3.05) is 20.8 Å². The summed E-state index contributed by atoms with van der Waals surface area (Å²) in [6.07, 6.45) is 4.67. The second-order valence-electron chi connectivity index (χ2n) is 10.7. The molecule has 174 valence electrons. The molecular weight excluding hydrogens is 398 g/mol. The number of hydrogen-bond donors (Lipinski definition) is 0. The van der Waals surface area contributed by atoms with Crippen molar-refractivity contribution >= 4 is 0 Å². The van der Waals surface area contributed by atoms with Crippen molar-refractivity contribution in [1.29, 1.82) is 0 Å². The van der Waals surface area contributed by atoms with Gasteiger partial charge in [-0.05, 0) is 81.5 Å². The van der Waals surface area contributed by atoms with Gasteiger partial charge in [0.1, 0.15) is 0 Å². The van der Waals surface area contributed by atoms with Gasteiger partial charge in [0, 0.05) is 18.2 Å². The molecule has 32 heavy (non-hydrogen) atoms. The van der Waals surface area contributed by atoms with Gasteiger partial charge in [-0.1, -0.05) is 48.5 Å². The molecule has 2 fully saturated rings. The van der Waals surface area contributed by atoms with Gasteiger partial charge >= 0.3 is 0 Å². The summed E-state index contributed by atoms with van der Waals surface area (Å²) < 4.78 is 11.4. The first-order valence-corrected chi connectivity index (χ1v) is 11.9. The molecule has 0 aromatic heterocycles. The lowest BCUT2D eigenvalue weighted by Crippen LogP contribution is -2.59. The van der Waals surface area contributed by atoms with Gasteiger partial charge in [0.2, 0.25) is 0 Å². The molecule has 2 unspecified atom stereocenters. The average molecular weight is 438 g/mol. The van der Waals surface area contributed by atoms with Crippen LogP contribution < -0.4 is 0 Å². The Morgan fingerprint density at radius 3 is 1.75 bits per heavy atom. The smallest absolute Gasteiger partial charge is 0.0827 e. The van der Waals surface area contributed by atoms with Crippen LogP contribution in [-0.4, -0.2) is 43.1 Å². The lowest BCUT2D eigenvalue weighted by Gasteiger charge is -2.53. The number of hydrogen-bond acceptors (Lipinski definition) is 4. The highest BCUT2D eigenvalue weighted by Crippen LogP contribution is 2.45. The van der Waals surface area contributed by atoms with Crippen LogP contribution in [-0.2, 0) is 14.3 Å². The van der Waals surface area contributed by atoms with E-state index in [1.54, 1.807) is 14.2 Å². The topological polar surface area (TPSA) is 30.9 Å². The minimum atomic E-state index is 0.000129. The Morgan fingerprint density at radius 1 is 0.781 bits per heavy atom. The molecule has 0 bridgehead atoms. The van der Waals surface area contributed by atoms with E-state index in [9.17, 15) is 0 Å². The summed E-state index contributed by atoms with van der Waals surface area (Å²) in [7, 11) is 3.55. The molecule has 2 atom stereocenters. The summed E-state index contributed by atoms with van der Waals surface area (Å²) >= 11 is 0. The Morgan fingerprint density at radius 2 is 1.31 bits per heavy atom. The number of methoxy groups -OCH3 is 1. The molecule has 2 aromatic carbocycles. The van der Waals surface area contributed by atoms with Gasteiger partial charge in [0.15, 0.2) is 0 Å². The van der Waals surface area contributed by atoms with Crippen LogP contribution in [0.25, 0.3) is 11.1 Å². The maximum absolute atomic E-state index is 6.01. The largest absolute Gasteiger partial charge is 0.379 e. The van der Waals surface area contributed by atoms with E-state index < -0.39 is 0 Å². The number of rotatable bonds is 5. The molecule has 2 aliphatic heterocycles. The van der Waals surface area contributed by atoms with Gasteiger partial charge in [-0.25, -0.2) is 0 Å². The molecule has 0 aliphatic carbocycles. The van der Waals surface area contributed by atoms with E-state index in [0.717, 1.165) is 25.7 Å². The van der Waals surface area contributed by atoms with Crippen LogP contribution in [0.5, 0.6) is 0 Å². The quantitative estimate of drug-likeness (QED) is 0.533. The molecule has 0 amide bonds. The fourth-order valence-corrected chi connectivity index (χ4v) is 6.01. The average Bonchev–Trinajstić information content (AvgIpc) is 2.78. The molecule has 0 radical (unpaired) electrons. The van der Waals surface area contributed by atoms with Gasteiger partial charge in [0.25, 0.3) is 0 Å². The molecule has 4 nitrogen and oxygen atoms in total. The van der Waals surface area contributed by atoms with Gasteiger partial charge < -0.3 is 14.3 Å². The number of hydroxylamine groups is 2. The highest BCUT2D eigenvalue weighted by Gasteiger charge is 2.46. The summed E-state index contributed by atoms with van der Waals surface area (Å²) in [6, 6.07) is 18.0. The number of ether oxygens (including phenoxy) is 2. The molecule has 2 saturated heterocycles. The van der Waals surface area contributed by atoms with Crippen LogP contribution in [0.2, 0.25) is 0 Å². The van der Waals surface area contributed by atoms with Crippen molar-refractivity contribution in [2.45, 2.75) is 82.6 Å². The molecule has 4 rings (SSSR count). The normalized spacial score (nSPS) is 26.2. The first-order chi connectivity index (χ1) is 15.2. The van der Waals surface area contributed by atoms with Crippen LogP contribution in [0, 0.1) is 0 Å². The third-order valence-electron chi connectivity index (χ3n) is 7.34. The fourth-order valence-electron chi connectivity index (χ4n) is 6.01. The van der Waals surface area contributed by atoms with Crippen molar-refractivity contribution in [3.8, 4) is 11.1 Å². The Labute approximate surface area is 193 Å². The van der Waals surface area contributed by atoms with Crippen molar-refractivity contribution in [2.24, 2.45) is 0 Å². The Hall–Kier alpha value is -1.72. The first kappa shape index (κ1) is 23.4. The number of piperidine rings is 1. The zero-order valence-corrected chi connectivity index (χ0v) is 20.6. The Kier molecular flexibility index (Phi) is 6.78. The van der Waals surface area contributed by atoms with Gasteiger partial charge in [0.05, 0.1) is 25.9 Å². The van der Waals surface area contributed by atoms with Gasteiger partial charge in [-0.3, -0.25) is 0 Å². The lowest BCUT2D eigenvalue weighted by atomic mass is 9.72. The minimum Gasteiger partial charge on any atom is -0.379 e. The highest BCUT2D eigenvalue weighted by atomic mass is 16.7. The van der Waals surface area contributed by atoms with Crippen LogP contribution in [0.3, 0.4) is 0 Å². The van der Waals surface area contributed by atoms with E-state index >= 15 is 0 Å². The Bertz CT molecular complexity index is 862. The minimum absolute atomic E-state index is 0.000129. The van der Waals surface area contributed by atoms with Crippen LogP contribution in [0.1, 0.15) is 76.5 Å². The summed E-state index contributed by atoms with van der Waals surface area (Å²) in [5, 5.41) is 2.18. The Balaban J connectivity index is 1.45. The van der Waals surface area contributed by atoms with Crippen LogP contribution in [0.4, 0.5) is 0 Å². The fraction of sp³-hybridized carbons (Fsp3) is 0.571. The summed E-state index contributed by atoms with van der Waals surface area (Å²) in [5.74, 6) is 0.530. The predicted molar refractivity (Wildman–Crippen MR) is 130 cm³/mol.